The number of rotatable bonds is 5. The van der Waals surface area contributed by atoms with Crippen molar-refractivity contribution in [1.82, 2.24) is 14.5 Å². The van der Waals surface area contributed by atoms with Crippen molar-refractivity contribution in [3.63, 3.8) is 0 Å². The molecule has 4 rings (SSSR count). The van der Waals surface area contributed by atoms with E-state index in [2.05, 4.69) is 15.6 Å². The van der Waals surface area contributed by atoms with Crippen LogP contribution in [0.3, 0.4) is 0 Å². The van der Waals surface area contributed by atoms with Gasteiger partial charge in [-0.2, -0.15) is 0 Å². The minimum absolute atomic E-state index is 0.420. The molecule has 4 heterocycles. The average Bonchev–Trinajstić information content (AvgIpc) is 3.38. The van der Waals surface area contributed by atoms with E-state index in [1.54, 1.807) is 22.7 Å². The molecule has 0 radical (unpaired) electrons. The molecule has 0 bridgehead atoms. The predicted octanol–water partition coefficient (Wildman–Crippen LogP) is 4.50. The van der Waals surface area contributed by atoms with Crippen molar-refractivity contribution >= 4 is 28.6 Å². The van der Waals surface area contributed by atoms with Crippen LogP contribution in [0.5, 0.6) is 0 Å². The maximum Gasteiger partial charge on any atom is 0.250 e. The predicted molar refractivity (Wildman–Crippen MR) is 110 cm³/mol. The molecule has 0 aliphatic carbocycles. The fourth-order valence-corrected chi connectivity index (χ4v) is 4.48. The largest absolute Gasteiger partial charge is 0.366 e. The van der Waals surface area contributed by atoms with E-state index in [-0.39, 0.29) is 0 Å². The molecule has 0 spiro atoms. The van der Waals surface area contributed by atoms with Gasteiger partial charge >= 0.3 is 0 Å². The van der Waals surface area contributed by atoms with Gasteiger partial charge in [0.1, 0.15) is 5.01 Å². The van der Waals surface area contributed by atoms with Gasteiger partial charge in [0.25, 0.3) is 5.91 Å². The zero-order valence-corrected chi connectivity index (χ0v) is 16.6. The minimum atomic E-state index is -0.420. The van der Waals surface area contributed by atoms with E-state index < -0.39 is 5.91 Å². The fourth-order valence-electron chi connectivity index (χ4n) is 2.99. The zero-order chi connectivity index (χ0) is 19.0. The standard InChI is InChI=1S/C20H18N4OS2/c1-12-5-6-14(9-22-12)20-23-17(11-27-20)18-8-16(19(21)25)13(2)24(18)10-15-4-3-7-26-15/h3-9,11H,10H2,1-2H3,(H2,21,25). The summed E-state index contributed by atoms with van der Waals surface area (Å²) in [5, 5.41) is 4.97. The molecule has 7 heteroatoms. The summed E-state index contributed by atoms with van der Waals surface area (Å²) in [4.78, 5) is 22.2. The Kier molecular flexibility index (Phi) is 4.63. The zero-order valence-electron chi connectivity index (χ0n) is 15.0. The van der Waals surface area contributed by atoms with Crippen LogP contribution in [0.1, 0.15) is 26.6 Å². The van der Waals surface area contributed by atoms with Crippen LogP contribution in [0.15, 0.2) is 47.3 Å². The quantitative estimate of drug-likeness (QED) is 0.542. The number of thiazole rings is 1. The molecule has 5 nitrogen and oxygen atoms in total. The summed E-state index contributed by atoms with van der Waals surface area (Å²) in [7, 11) is 0. The van der Waals surface area contributed by atoms with Crippen molar-refractivity contribution in [2.45, 2.75) is 20.4 Å². The number of amides is 1. The number of hydrogen-bond acceptors (Lipinski definition) is 5. The van der Waals surface area contributed by atoms with E-state index in [9.17, 15) is 4.79 Å². The number of hydrogen-bond donors (Lipinski definition) is 1. The van der Waals surface area contributed by atoms with Crippen LogP contribution in [-0.4, -0.2) is 20.4 Å². The number of aromatic nitrogens is 3. The molecule has 0 aliphatic heterocycles. The van der Waals surface area contributed by atoms with Crippen LogP contribution in [0, 0.1) is 13.8 Å². The third kappa shape index (κ3) is 3.43. The second kappa shape index (κ2) is 7.09. The highest BCUT2D eigenvalue weighted by Crippen LogP contribution is 2.32. The lowest BCUT2D eigenvalue weighted by atomic mass is 10.2. The second-order valence-electron chi connectivity index (χ2n) is 6.28. The number of primary amides is 1. The number of carbonyl (C=O) groups is 1. The van der Waals surface area contributed by atoms with Gasteiger partial charge in [-0.25, -0.2) is 4.98 Å². The van der Waals surface area contributed by atoms with Crippen molar-refractivity contribution in [1.29, 1.82) is 0 Å². The Morgan fingerprint density at radius 3 is 2.74 bits per heavy atom. The fraction of sp³-hybridized carbons (Fsp3) is 0.150. The summed E-state index contributed by atoms with van der Waals surface area (Å²) in [6.07, 6.45) is 1.84. The Morgan fingerprint density at radius 2 is 2.07 bits per heavy atom. The van der Waals surface area contributed by atoms with Gasteiger partial charge in [-0.05, 0) is 43.5 Å². The molecule has 0 atom stereocenters. The maximum absolute atomic E-state index is 11.9. The Morgan fingerprint density at radius 1 is 1.22 bits per heavy atom. The number of pyridine rings is 1. The average molecular weight is 395 g/mol. The number of nitrogens with zero attached hydrogens (tertiary/aromatic N) is 3. The molecule has 27 heavy (non-hydrogen) atoms. The van der Waals surface area contributed by atoms with Crippen LogP contribution in [0.2, 0.25) is 0 Å². The first kappa shape index (κ1) is 17.6. The Bertz CT molecular complexity index is 1090. The number of carbonyl (C=O) groups excluding carboxylic acids is 1. The molecule has 0 saturated carbocycles. The molecular formula is C20H18N4OS2. The molecule has 0 fully saturated rings. The van der Waals surface area contributed by atoms with Crippen molar-refractivity contribution < 1.29 is 4.79 Å². The molecule has 0 unspecified atom stereocenters. The first-order valence-corrected chi connectivity index (χ1v) is 10.2. The summed E-state index contributed by atoms with van der Waals surface area (Å²) in [5.74, 6) is -0.420. The Balaban J connectivity index is 1.77. The minimum Gasteiger partial charge on any atom is -0.366 e. The molecule has 4 aromatic rings. The second-order valence-corrected chi connectivity index (χ2v) is 8.17. The molecule has 4 aromatic heterocycles. The molecule has 136 valence electrons. The smallest absolute Gasteiger partial charge is 0.250 e. The van der Waals surface area contributed by atoms with Crippen molar-refractivity contribution in [3.8, 4) is 22.0 Å². The molecule has 0 aliphatic rings. The van der Waals surface area contributed by atoms with Crippen LogP contribution in [0.25, 0.3) is 22.0 Å². The van der Waals surface area contributed by atoms with E-state index in [1.807, 2.05) is 55.1 Å². The van der Waals surface area contributed by atoms with Crippen molar-refractivity contribution in [2.24, 2.45) is 5.73 Å². The molecule has 2 N–H and O–H groups in total. The number of nitrogens with two attached hydrogens (primary N) is 1. The SMILES string of the molecule is Cc1ccc(-c2nc(-c3cc(C(N)=O)c(C)n3Cc3cccs3)cs2)cn1. The van der Waals surface area contributed by atoms with E-state index in [0.29, 0.717) is 12.1 Å². The highest BCUT2D eigenvalue weighted by atomic mass is 32.1. The summed E-state index contributed by atoms with van der Waals surface area (Å²) in [6.45, 7) is 4.57. The first-order chi connectivity index (χ1) is 13.0. The summed E-state index contributed by atoms with van der Waals surface area (Å²) in [5.41, 5.74) is 10.7. The van der Waals surface area contributed by atoms with Gasteiger partial charge in [-0.3, -0.25) is 9.78 Å². The Labute approximate surface area is 165 Å². The van der Waals surface area contributed by atoms with E-state index in [1.165, 1.54) is 4.88 Å². The normalized spacial score (nSPS) is 11.0. The lowest BCUT2D eigenvalue weighted by molar-refractivity contribution is 0.0999. The third-order valence-electron chi connectivity index (χ3n) is 4.45. The highest BCUT2D eigenvalue weighted by Gasteiger charge is 2.19. The van der Waals surface area contributed by atoms with Gasteiger partial charge in [0, 0.05) is 33.4 Å². The topological polar surface area (TPSA) is 73.8 Å². The van der Waals surface area contributed by atoms with Crippen LogP contribution >= 0.6 is 22.7 Å². The maximum atomic E-state index is 11.9. The number of aryl methyl sites for hydroxylation is 1. The van der Waals surface area contributed by atoms with E-state index in [0.717, 1.165) is 33.3 Å². The van der Waals surface area contributed by atoms with Gasteiger partial charge < -0.3 is 10.3 Å². The first-order valence-electron chi connectivity index (χ1n) is 8.44. The van der Waals surface area contributed by atoms with E-state index >= 15 is 0 Å². The van der Waals surface area contributed by atoms with E-state index in [4.69, 9.17) is 10.7 Å². The third-order valence-corrected chi connectivity index (χ3v) is 6.20. The van der Waals surface area contributed by atoms with Gasteiger partial charge in [0.05, 0.1) is 23.5 Å². The lowest BCUT2D eigenvalue weighted by Crippen LogP contribution is -2.12. The van der Waals surface area contributed by atoms with Crippen LogP contribution in [0.4, 0.5) is 0 Å². The van der Waals surface area contributed by atoms with Crippen molar-refractivity contribution in [3.05, 3.63) is 69.1 Å². The van der Waals surface area contributed by atoms with Gasteiger partial charge in [0.2, 0.25) is 0 Å². The summed E-state index contributed by atoms with van der Waals surface area (Å²) in [6, 6.07) is 9.96. The molecule has 0 saturated heterocycles. The summed E-state index contributed by atoms with van der Waals surface area (Å²) < 4.78 is 2.11. The molecule has 1 amide bonds. The van der Waals surface area contributed by atoms with Gasteiger partial charge in [-0.15, -0.1) is 22.7 Å². The summed E-state index contributed by atoms with van der Waals surface area (Å²) >= 11 is 3.25. The van der Waals surface area contributed by atoms with Gasteiger partial charge in [-0.1, -0.05) is 6.07 Å². The Hall–Kier alpha value is -2.77. The van der Waals surface area contributed by atoms with Crippen LogP contribution in [-0.2, 0) is 6.54 Å². The molecule has 0 aromatic carbocycles. The van der Waals surface area contributed by atoms with Crippen molar-refractivity contribution in [2.75, 3.05) is 0 Å². The highest BCUT2D eigenvalue weighted by molar-refractivity contribution is 7.13. The lowest BCUT2D eigenvalue weighted by Gasteiger charge is -2.09. The monoisotopic (exact) mass is 394 g/mol. The number of thiophene rings is 1. The van der Waals surface area contributed by atoms with Gasteiger partial charge in [0.15, 0.2) is 0 Å². The van der Waals surface area contributed by atoms with Crippen LogP contribution < -0.4 is 5.73 Å². The molecular weight excluding hydrogens is 376 g/mol.